The number of fused-ring (bicyclic) bond motifs is 1. The number of hydrogen-bond donors (Lipinski definition) is 1. The average Bonchev–Trinajstić information content (AvgIpc) is 2.98. The monoisotopic (exact) mass is 313 g/mol. The Labute approximate surface area is 135 Å². The van der Waals surface area contributed by atoms with Gasteiger partial charge in [-0.15, -0.1) is 0 Å². The van der Waals surface area contributed by atoms with Gasteiger partial charge in [-0.1, -0.05) is 43.4 Å². The number of aryl methyl sites for hydroxylation is 1. The van der Waals surface area contributed by atoms with E-state index in [2.05, 4.69) is 35.8 Å². The van der Waals surface area contributed by atoms with Crippen LogP contribution < -0.4 is 0 Å². The number of hydrogen-bond acceptors (Lipinski definition) is 2. The molecule has 0 radical (unpaired) electrons. The van der Waals surface area contributed by atoms with E-state index in [1.54, 1.807) is 0 Å². The van der Waals surface area contributed by atoms with Gasteiger partial charge in [0.05, 0.1) is 16.5 Å². The van der Waals surface area contributed by atoms with Crippen molar-refractivity contribution in [3.63, 3.8) is 0 Å². The van der Waals surface area contributed by atoms with Crippen molar-refractivity contribution in [3.8, 4) is 0 Å². The Morgan fingerprint density at radius 3 is 2.64 bits per heavy atom. The normalized spacial score (nSPS) is 17.0. The van der Waals surface area contributed by atoms with Gasteiger partial charge in [-0.2, -0.15) is 0 Å². The predicted octanol–water partition coefficient (Wildman–Crippen LogP) is 3.78. The molecule has 1 aromatic heterocycles. The van der Waals surface area contributed by atoms with E-state index in [9.17, 15) is 9.90 Å². The molecule has 3 nitrogen and oxygen atoms in total. The summed E-state index contributed by atoms with van der Waals surface area (Å²) in [6.45, 7) is 2.97. The third kappa shape index (κ3) is 2.59. The summed E-state index contributed by atoms with van der Waals surface area (Å²) in [6.07, 6.45) is 2.59. The van der Waals surface area contributed by atoms with E-state index in [0.29, 0.717) is 6.42 Å². The van der Waals surface area contributed by atoms with E-state index in [0.717, 1.165) is 41.2 Å². The first-order chi connectivity index (χ1) is 10.6. The Morgan fingerprint density at radius 2 is 2.00 bits per heavy atom. The van der Waals surface area contributed by atoms with Crippen molar-refractivity contribution in [2.45, 2.75) is 38.6 Å². The summed E-state index contributed by atoms with van der Waals surface area (Å²) < 4.78 is 2.08. The van der Waals surface area contributed by atoms with Gasteiger partial charge in [-0.25, -0.2) is 0 Å². The number of carboxylic acids is 1. The molecule has 1 atom stereocenters. The van der Waals surface area contributed by atoms with Crippen LogP contribution in [0.15, 0.2) is 36.4 Å². The van der Waals surface area contributed by atoms with Gasteiger partial charge in [0.2, 0.25) is 0 Å². The van der Waals surface area contributed by atoms with Crippen LogP contribution in [0.3, 0.4) is 0 Å². The highest BCUT2D eigenvalue weighted by molar-refractivity contribution is 7.81. The van der Waals surface area contributed by atoms with Crippen molar-refractivity contribution in [2.75, 3.05) is 0 Å². The number of aromatic nitrogens is 1. The van der Waals surface area contributed by atoms with Crippen LogP contribution in [0.1, 0.15) is 48.2 Å². The van der Waals surface area contributed by atoms with Crippen LogP contribution in [0, 0.1) is 0 Å². The van der Waals surface area contributed by atoms with Gasteiger partial charge >= 0.3 is 5.97 Å². The smallest absolute Gasteiger partial charge is 0.312 e. The van der Waals surface area contributed by atoms with E-state index in [-0.39, 0.29) is 0 Å². The van der Waals surface area contributed by atoms with E-state index in [4.69, 9.17) is 12.2 Å². The number of carbonyl (C=O) groups is 1. The summed E-state index contributed by atoms with van der Waals surface area (Å²) in [7, 11) is 0. The second-order valence-electron chi connectivity index (χ2n) is 5.71. The zero-order chi connectivity index (χ0) is 15.7. The Hall–Kier alpha value is -1.94. The van der Waals surface area contributed by atoms with Crippen molar-refractivity contribution in [1.29, 1.82) is 0 Å². The van der Waals surface area contributed by atoms with Crippen molar-refractivity contribution >= 4 is 23.1 Å². The highest BCUT2D eigenvalue weighted by Crippen LogP contribution is 2.30. The number of thiocarbonyl (C=S) groups is 1. The number of rotatable bonds is 4. The Kier molecular flexibility index (Phi) is 4.12. The van der Waals surface area contributed by atoms with Crippen LogP contribution in [0.25, 0.3) is 0 Å². The molecule has 3 rings (SSSR count). The molecule has 0 aliphatic carbocycles. The van der Waals surface area contributed by atoms with Crippen LogP contribution >= 0.6 is 12.2 Å². The molecule has 22 heavy (non-hydrogen) atoms. The molecule has 0 saturated carbocycles. The molecule has 0 saturated heterocycles. The maximum atomic E-state index is 11.4. The maximum absolute atomic E-state index is 11.4. The van der Waals surface area contributed by atoms with Gasteiger partial charge in [-0.3, -0.25) is 4.79 Å². The van der Waals surface area contributed by atoms with Crippen molar-refractivity contribution in [3.05, 3.63) is 58.9 Å². The first-order valence-electron chi connectivity index (χ1n) is 7.67. The molecule has 2 heterocycles. The molecule has 2 aromatic rings. The van der Waals surface area contributed by atoms with Gasteiger partial charge in [0.15, 0.2) is 0 Å². The molecule has 1 aromatic carbocycles. The highest BCUT2D eigenvalue weighted by Gasteiger charge is 2.28. The standard InChI is InChI=1S/C18H19NO2S/c1-2-12-5-7-13(8-6-12)17(22)16-10-9-15-14(18(20)21)4-3-11-19(15)16/h5-10,14H,2-4,11H2,1H3,(H,20,21). The summed E-state index contributed by atoms with van der Waals surface area (Å²) >= 11 is 5.64. The van der Waals surface area contributed by atoms with Gasteiger partial charge in [0.25, 0.3) is 0 Å². The zero-order valence-electron chi connectivity index (χ0n) is 12.6. The third-order valence-electron chi connectivity index (χ3n) is 4.40. The second kappa shape index (κ2) is 6.05. The second-order valence-corrected chi connectivity index (χ2v) is 6.12. The summed E-state index contributed by atoms with van der Waals surface area (Å²) in [6, 6.07) is 12.2. The lowest BCUT2D eigenvalue weighted by Crippen LogP contribution is -2.23. The Balaban J connectivity index is 1.95. The third-order valence-corrected chi connectivity index (χ3v) is 4.85. The SMILES string of the molecule is CCc1ccc(C(=S)c2ccc3n2CCCC3C(=O)O)cc1. The van der Waals surface area contributed by atoms with Gasteiger partial charge < -0.3 is 9.67 Å². The van der Waals surface area contributed by atoms with E-state index in [1.807, 2.05) is 12.1 Å². The molecule has 0 bridgehead atoms. The molecular formula is C18H19NO2S. The van der Waals surface area contributed by atoms with Crippen LogP contribution in [0.5, 0.6) is 0 Å². The van der Waals surface area contributed by atoms with Crippen molar-refractivity contribution in [2.24, 2.45) is 0 Å². The Morgan fingerprint density at radius 1 is 1.27 bits per heavy atom. The van der Waals surface area contributed by atoms with E-state index < -0.39 is 11.9 Å². The summed E-state index contributed by atoms with van der Waals surface area (Å²) in [5.74, 6) is -1.16. The molecule has 0 amide bonds. The number of carboxylic acid groups (broad SMARTS) is 1. The Bertz CT molecular complexity index is 715. The van der Waals surface area contributed by atoms with Crippen molar-refractivity contribution in [1.82, 2.24) is 4.57 Å². The highest BCUT2D eigenvalue weighted by atomic mass is 32.1. The lowest BCUT2D eigenvalue weighted by Gasteiger charge is -2.23. The molecule has 0 fully saturated rings. The molecule has 0 spiro atoms. The molecule has 1 unspecified atom stereocenters. The minimum Gasteiger partial charge on any atom is -0.481 e. The summed E-state index contributed by atoms with van der Waals surface area (Å²) in [5.41, 5.74) is 4.14. The minimum atomic E-state index is -0.746. The fraction of sp³-hybridized carbons (Fsp3) is 0.333. The quantitative estimate of drug-likeness (QED) is 0.690. The van der Waals surface area contributed by atoms with Crippen LogP contribution in [-0.4, -0.2) is 20.5 Å². The zero-order valence-corrected chi connectivity index (χ0v) is 13.4. The van der Waals surface area contributed by atoms with Gasteiger partial charge in [-0.05, 0) is 42.5 Å². The maximum Gasteiger partial charge on any atom is 0.312 e. The predicted molar refractivity (Wildman–Crippen MR) is 90.7 cm³/mol. The fourth-order valence-electron chi connectivity index (χ4n) is 3.13. The molecular weight excluding hydrogens is 294 g/mol. The van der Waals surface area contributed by atoms with E-state index >= 15 is 0 Å². The van der Waals surface area contributed by atoms with Crippen molar-refractivity contribution < 1.29 is 9.90 Å². The largest absolute Gasteiger partial charge is 0.481 e. The van der Waals surface area contributed by atoms with Crippen LogP contribution in [-0.2, 0) is 17.8 Å². The van der Waals surface area contributed by atoms with E-state index in [1.165, 1.54) is 5.56 Å². The summed E-state index contributed by atoms with van der Waals surface area (Å²) in [4.78, 5) is 12.2. The number of nitrogens with zero attached hydrogens (tertiary/aromatic N) is 1. The fourth-order valence-corrected chi connectivity index (χ4v) is 3.44. The first kappa shape index (κ1) is 15.0. The van der Waals surface area contributed by atoms with Gasteiger partial charge in [0, 0.05) is 12.2 Å². The minimum absolute atomic E-state index is 0.409. The molecule has 1 aliphatic rings. The van der Waals surface area contributed by atoms with Crippen LogP contribution in [0.4, 0.5) is 0 Å². The lowest BCUT2D eigenvalue weighted by atomic mass is 9.96. The molecule has 1 aliphatic heterocycles. The average molecular weight is 313 g/mol. The topological polar surface area (TPSA) is 42.2 Å². The molecule has 4 heteroatoms. The summed E-state index contributed by atoms with van der Waals surface area (Å²) in [5, 5.41) is 9.36. The number of aliphatic carboxylic acids is 1. The van der Waals surface area contributed by atoms with Crippen LogP contribution in [0.2, 0.25) is 0 Å². The lowest BCUT2D eigenvalue weighted by molar-refractivity contribution is -0.139. The van der Waals surface area contributed by atoms with Gasteiger partial charge in [0.1, 0.15) is 0 Å². The number of benzene rings is 1. The molecule has 1 N–H and O–H groups in total. The molecule has 114 valence electrons. The first-order valence-corrected chi connectivity index (χ1v) is 8.08.